The summed E-state index contributed by atoms with van der Waals surface area (Å²) in [7, 11) is -1.76. The second-order valence-electron chi connectivity index (χ2n) is 11.1. The SMILES string of the molecule is COc1ccc(CNC2CCN(Cc3ccc(Oc4ccc(NS(C)(=O)=O)cc4)cc3)CC2)c(C(=O)Nc2ccc(F)cc2)c1. The number of sulfonamides is 1. The van der Waals surface area contributed by atoms with Gasteiger partial charge in [0.05, 0.1) is 13.4 Å². The maximum Gasteiger partial charge on any atom is 0.256 e. The van der Waals surface area contributed by atoms with Crippen molar-refractivity contribution in [2.45, 2.75) is 32.0 Å². The van der Waals surface area contributed by atoms with Crippen LogP contribution in [-0.2, 0) is 23.1 Å². The Labute approximate surface area is 263 Å². The number of methoxy groups -OCH3 is 1. The molecule has 4 aromatic rings. The molecule has 1 amide bonds. The van der Waals surface area contributed by atoms with Gasteiger partial charge in [0.25, 0.3) is 5.91 Å². The van der Waals surface area contributed by atoms with E-state index in [-0.39, 0.29) is 11.7 Å². The molecule has 236 valence electrons. The number of hydrogen-bond donors (Lipinski definition) is 3. The molecule has 0 aromatic heterocycles. The molecule has 1 saturated heterocycles. The predicted octanol–water partition coefficient (Wildman–Crippen LogP) is 6.00. The fourth-order valence-electron chi connectivity index (χ4n) is 5.19. The highest BCUT2D eigenvalue weighted by Crippen LogP contribution is 2.25. The van der Waals surface area contributed by atoms with Crippen LogP contribution in [0.25, 0.3) is 0 Å². The average Bonchev–Trinajstić information content (AvgIpc) is 3.03. The Morgan fingerprint density at radius 1 is 0.867 bits per heavy atom. The first-order chi connectivity index (χ1) is 21.6. The molecule has 0 radical (unpaired) electrons. The fourth-order valence-corrected chi connectivity index (χ4v) is 5.76. The maximum atomic E-state index is 13.3. The van der Waals surface area contributed by atoms with Crippen molar-refractivity contribution >= 4 is 27.3 Å². The lowest BCUT2D eigenvalue weighted by Crippen LogP contribution is -2.42. The predicted molar refractivity (Wildman–Crippen MR) is 174 cm³/mol. The van der Waals surface area contributed by atoms with Crippen LogP contribution in [0.1, 0.15) is 34.3 Å². The van der Waals surface area contributed by atoms with E-state index in [9.17, 15) is 17.6 Å². The van der Waals surface area contributed by atoms with Crippen molar-refractivity contribution in [1.82, 2.24) is 10.2 Å². The number of piperidine rings is 1. The van der Waals surface area contributed by atoms with Gasteiger partial charge in [-0.3, -0.25) is 14.4 Å². The summed E-state index contributed by atoms with van der Waals surface area (Å²) in [5.41, 5.74) is 3.57. The fraction of sp³-hybridized carbons (Fsp3) is 0.265. The third-order valence-electron chi connectivity index (χ3n) is 7.56. The van der Waals surface area contributed by atoms with Crippen LogP contribution in [0, 0.1) is 5.82 Å². The van der Waals surface area contributed by atoms with Gasteiger partial charge in [-0.25, -0.2) is 12.8 Å². The van der Waals surface area contributed by atoms with E-state index in [2.05, 4.69) is 32.4 Å². The summed E-state index contributed by atoms with van der Waals surface area (Å²) >= 11 is 0. The Morgan fingerprint density at radius 3 is 2.09 bits per heavy atom. The van der Waals surface area contributed by atoms with E-state index < -0.39 is 10.0 Å². The second-order valence-corrected chi connectivity index (χ2v) is 12.8. The Kier molecular flexibility index (Phi) is 10.3. The highest BCUT2D eigenvalue weighted by atomic mass is 32.2. The number of ether oxygens (including phenoxy) is 2. The van der Waals surface area contributed by atoms with Crippen molar-refractivity contribution in [2.75, 3.05) is 36.5 Å². The minimum absolute atomic E-state index is 0.275. The molecule has 0 atom stereocenters. The van der Waals surface area contributed by atoms with Gasteiger partial charge in [-0.2, -0.15) is 0 Å². The van der Waals surface area contributed by atoms with Gasteiger partial charge in [0.2, 0.25) is 10.0 Å². The van der Waals surface area contributed by atoms with Gasteiger partial charge < -0.3 is 20.1 Å². The van der Waals surface area contributed by atoms with E-state index in [1.54, 1.807) is 37.4 Å². The number of nitrogens with zero attached hydrogens (tertiary/aromatic N) is 1. The molecule has 45 heavy (non-hydrogen) atoms. The Balaban J connectivity index is 1.09. The minimum Gasteiger partial charge on any atom is -0.497 e. The molecule has 0 saturated carbocycles. The lowest BCUT2D eigenvalue weighted by atomic mass is 10.0. The molecule has 11 heteroatoms. The largest absolute Gasteiger partial charge is 0.497 e. The maximum absolute atomic E-state index is 13.3. The van der Waals surface area contributed by atoms with Crippen LogP contribution < -0.4 is 24.8 Å². The van der Waals surface area contributed by atoms with E-state index in [1.165, 1.54) is 29.8 Å². The third kappa shape index (κ3) is 9.52. The van der Waals surface area contributed by atoms with Crippen LogP contribution >= 0.6 is 0 Å². The topological polar surface area (TPSA) is 109 Å². The normalized spacial score (nSPS) is 14.1. The van der Waals surface area contributed by atoms with E-state index in [0.717, 1.165) is 44.3 Å². The number of rotatable bonds is 12. The molecule has 0 unspecified atom stereocenters. The van der Waals surface area contributed by atoms with E-state index in [1.807, 2.05) is 24.3 Å². The van der Waals surface area contributed by atoms with Gasteiger partial charge in [0, 0.05) is 36.1 Å². The van der Waals surface area contributed by atoms with E-state index >= 15 is 0 Å². The number of likely N-dealkylation sites (tertiary alicyclic amines) is 1. The van der Waals surface area contributed by atoms with Crippen LogP contribution in [-0.4, -0.2) is 51.7 Å². The first kappa shape index (κ1) is 32.0. The monoisotopic (exact) mass is 632 g/mol. The smallest absolute Gasteiger partial charge is 0.256 e. The van der Waals surface area contributed by atoms with Crippen LogP contribution in [0.4, 0.5) is 15.8 Å². The number of benzene rings is 4. The number of nitrogens with one attached hydrogen (secondary N) is 3. The number of carbonyl (C=O) groups excluding carboxylic acids is 1. The highest BCUT2D eigenvalue weighted by molar-refractivity contribution is 7.92. The minimum atomic E-state index is -3.32. The van der Waals surface area contributed by atoms with Crippen LogP contribution in [0.3, 0.4) is 0 Å². The number of carbonyl (C=O) groups is 1. The highest BCUT2D eigenvalue weighted by Gasteiger charge is 2.20. The molecule has 9 nitrogen and oxygen atoms in total. The quantitative estimate of drug-likeness (QED) is 0.176. The third-order valence-corrected chi connectivity index (χ3v) is 8.16. The Bertz CT molecular complexity index is 1690. The molecule has 1 heterocycles. The molecule has 0 spiro atoms. The van der Waals surface area contributed by atoms with Crippen molar-refractivity contribution in [3.63, 3.8) is 0 Å². The summed E-state index contributed by atoms with van der Waals surface area (Å²) in [5.74, 6) is 1.28. The second kappa shape index (κ2) is 14.6. The van der Waals surface area contributed by atoms with Gasteiger partial charge in [0.1, 0.15) is 23.1 Å². The molecule has 1 fully saturated rings. The zero-order chi connectivity index (χ0) is 31.8. The van der Waals surface area contributed by atoms with Gasteiger partial charge in [-0.05, 0) is 110 Å². The number of halogens is 1. The van der Waals surface area contributed by atoms with Crippen molar-refractivity contribution < 1.29 is 27.1 Å². The van der Waals surface area contributed by atoms with Crippen LogP contribution in [0.15, 0.2) is 91.0 Å². The lowest BCUT2D eigenvalue weighted by Gasteiger charge is -2.32. The Morgan fingerprint density at radius 2 is 1.47 bits per heavy atom. The van der Waals surface area contributed by atoms with E-state index in [4.69, 9.17) is 9.47 Å². The molecule has 1 aliphatic rings. The zero-order valence-corrected chi connectivity index (χ0v) is 26.1. The van der Waals surface area contributed by atoms with Crippen LogP contribution in [0.5, 0.6) is 17.2 Å². The van der Waals surface area contributed by atoms with Crippen molar-refractivity contribution in [3.8, 4) is 17.2 Å². The summed E-state index contributed by atoms with van der Waals surface area (Å²) in [6.45, 7) is 3.28. The summed E-state index contributed by atoms with van der Waals surface area (Å²) in [4.78, 5) is 15.5. The van der Waals surface area contributed by atoms with Gasteiger partial charge in [0.15, 0.2) is 0 Å². The first-order valence-corrected chi connectivity index (χ1v) is 16.6. The van der Waals surface area contributed by atoms with Crippen molar-refractivity contribution in [3.05, 3.63) is 114 Å². The zero-order valence-electron chi connectivity index (χ0n) is 25.3. The molecule has 4 aromatic carbocycles. The van der Waals surface area contributed by atoms with Gasteiger partial charge >= 0.3 is 0 Å². The van der Waals surface area contributed by atoms with Crippen molar-refractivity contribution in [2.24, 2.45) is 0 Å². The lowest BCUT2D eigenvalue weighted by molar-refractivity contribution is 0.102. The number of amides is 1. The summed E-state index contributed by atoms with van der Waals surface area (Å²) in [6.07, 6.45) is 3.08. The summed E-state index contributed by atoms with van der Waals surface area (Å²) in [6, 6.07) is 26.2. The molecule has 3 N–H and O–H groups in total. The number of hydrogen-bond acceptors (Lipinski definition) is 7. The first-order valence-electron chi connectivity index (χ1n) is 14.7. The molecule has 5 rings (SSSR count). The molecule has 1 aliphatic heterocycles. The standard InChI is InChI=1S/C34H37FN4O5S/c1-43-32-14-5-25(33(21-32)34(40)37-28-8-6-26(35)7-9-28)22-36-27-17-19-39(20-18-27)23-24-3-12-30(13-4-24)44-31-15-10-29(11-16-31)38-45(2,41)42/h3-16,21,27,36,38H,17-20,22-23H2,1-2H3,(H,37,40). The molecular formula is C34H37FN4O5S. The van der Waals surface area contributed by atoms with Gasteiger partial charge in [-0.1, -0.05) is 18.2 Å². The number of anilines is 2. The molecule has 0 bridgehead atoms. The average molecular weight is 633 g/mol. The van der Waals surface area contributed by atoms with Crippen molar-refractivity contribution in [1.29, 1.82) is 0 Å². The van der Waals surface area contributed by atoms with Crippen LogP contribution in [0.2, 0.25) is 0 Å². The molecular weight excluding hydrogens is 595 g/mol. The molecule has 0 aliphatic carbocycles. The van der Waals surface area contributed by atoms with Gasteiger partial charge in [-0.15, -0.1) is 0 Å². The Hall–Kier alpha value is -4.45. The summed E-state index contributed by atoms with van der Waals surface area (Å²) < 4.78 is 49.7. The van der Waals surface area contributed by atoms with E-state index in [0.29, 0.717) is 46.8 Å². The summed E-state index contributed by atoms with van der Waals surface area (Å²) in [5, 5.41) is 6.47.